The van der Waals surface area contributed by atoms with Crippen molar-refractivity contribution in [1.82, 2.24) is 4.90 Å². The minimum absolute atomic E-state index is 0.0942. The maximum atomic E-state index is 12.2. The monoisotopic (exact) mass is 290 g/mol. The Labute approximate surface area is 124 Å². The van der Waals surface area contributed by atoms with Crippen molar-refractivity contribution >= 4 is 17.6 Å². The summed E-state index contributed by atoms with van der Waals surface area (Å²) in [5.41, 5.74) is 7.45. The lowest BCUT2D eigenvalue weighted by molar-refractivity contribution is -0.140. The van der Waals surface area contributed by atoms with Crippen LogP contribution in [0, 0.1) is 5.92 Å². The third-order valence-corrected chi connectivity index (χ3v) is 3.94. The van der Waals surface area contributed by atoms with Crippen LogP contribution in [-0.4, -0.2) is 35.0 Å². The molecule has 1 fully saturated rings. The van der Waals surface area contributed by atoms with Crippen LogP contribution in [0.25, 0.3) is 0 Å². The average molecular weight is 290 g/mol. The zero-order valence-electron chi connectivity index (χ0n) is 12.1. The Morgan fingerprint density at radius 2 is 2.00 bits per heavy atom. The molecule has 0 spiro atoms. The van der Waals surface area contributed by atoms with Crippen molar-refractivity contribution in [3.63, 3.8) is 0 Å². The van der Waals surface area contributed by atoms with Gasteiger partial charge < -0.3 is 15.7 Å². The fourth-order valence-corrected chi connectivity index (χ4v) is 2.80. The Balaban J connectivity index is 1.82. The molecular formula is C16H22N2O3. The summed E-state index contributed by atoms with van der Waals surface area (Å²) in [6.07, 6.45) is 3.10. The third-order valence-electron chi connectivity index (χ3n) is 3.94. The summed E-state index contributed by atoms with van der Waals surface area (Å²) >= 11 is 0. The number of hydrogen-bond acceptors (Lipinski definition) is 3. The summed E-state index contributed by atoms with van der Waals surface area (Å²) in [7, 11) is 0. The van der Waals surface area contributed by atoms with E-state index in [1.54, 1.807) is 0 Å². The van der Waals surface area contributed by atoms with E-state index < -0.39 is 5.97 Å². The zero-order valence-corrected chi connectivity index (χ0v) is 12.1. The molecule has 1 saturated heterocycles. The third kappa shape index (κ3) is 4.77. The molecule has 1 aliphatic heterocycles. The van der Waals surface area contributed by atoms with E-state index in [4.69, 9.17) is 10.8 Å². The maximum Gasteiger partial charge on any atom is 0.303 e. The highest BCUT2D eigenvalue weighted by Crippen LogP contribution is 2.20. The van der Waals surface area contributed by atoms with Gasteiger partial charge in [0.15, 0.2) is 0 Å². The van der Waals surface area contributed by atoms with Crippen LogP contribution in [-0.2, 0) is 16.0 Å². The second-order valence-corrected chi connectivity index (χ2v) is 5.69. The van der Waals surface area contributed by atoms with Crippen molar-refractivity contribution in [2.75, 3.05) is 18.8 Å². The first-order valence-corrected chi connectivity index (χ1v) is 7.38. The lowest BCUT2D eigenvalue weighted by Gasteiger charge is -2.32. The van der Waals surface area contributed by atoms with E-state index in [0.717, 1.165) is 30.6 Å². The van der Waals surface area contributed by atoms with Gasteiger partial charge in [-0.15, -0.1) is 0 Å². The van der Waals surface area contributed by atoms with Gasteiger partial charge in [-0.1, -0.05) is 12.1 Å². The zero-order chi connectivity index (χ0) is 15.2. The van der Waals surface area contributed by atoms with Crippen LogP contribution in [0.1, 0.15) is 31.2 Å². The van der Waals surface area contributed by atoms with E-state index in [2.05, 4.69) is 0 Å². The van der Waals surface area contributed by atoms with Gasteiger partial charge in [0.2, 0.25) is 5.91 Å². The van der Waals surface area contributed by atoms with Gasteiger partial charge in [0.25, 0.3) is 0 Å². The van der Waals surface area contributed by atoms with Crippen LogP contribution >= 0.6 is 0 Å². The normalized spacial score (nSPS) is 18.5. The molecule has 1 amide bonds. The number of anilines is 1. The summed E-state index contributed by atoms with van der Waals surface area (Å²) in [6, 6.07) is 7.55. The van der Waals surface area contributed by atoms with Crippen LogP contribution in [0.5, 0.6) is 0 Å². The molecule has 0 bridgehead atoms. The van der Waals surface area contributed by atoms with Crippen molar-refractivity contribution in [2.45, 2.75) is 32.1 Å². The lowest BCUT2D eigenvalue weighted by Crippen LogP contribution is -2.40. The van der Waals surface area contributed by atoms with Gasteiger partial charge in [-0.3, -0.25) is 9.59 Å². The van der Waals surface area contributed by atoms with Crippen molar-refractivity contribution < 1.29 is 14.7 Å². The highest BCUT2D eigenvalue weighted by atomic mass is 16.4. The summed E-state index contributed by atoms with van der Waals surface area (Å²) in [4.78, 5) is 24.8. The van der Waals surface area contributed by atoms with Crippen LogP contribution in [0.15, 0.2) is 24.3 Å². The van der Waals surface area contributed by atoms with Crippen molar-refractivity contribution in [1.29, 1.82) is 0 Å². The average Bonchev–Trinajstić information content (AvgIpc) is 2.46. The van der Waals surface area contributed by atoms with Crippen LogP contribution in [0.3, 0.4) is 0 Å². The van der Waals surface area contributed by atoms with Gasteiger partial charge in [0, 0.05) is 31.6 Å². The summed E-state index contributed by atoms with van der Waals surface area (Å²) in [5.74, 6) is -0.574. The smallest absolute Gasteiger partial charge is 0.303 e. The second kappa shape index (κ2) is 7.11. The number of aryl methyl sites for hydroxylation is 1. The number of carboxylic acid groups (broad SMARTS) is 1. The van der Waals surface area contributed by atoms with E-state index in [0.29, 0.717) is 19.4 Å². The van der Waals surface area contributed by atoms with Gasteiger partial charge in [-0.25, -0.2) is 0 Å². The quantitative estimate of drug-likeness (QED) is 0.811. The Morgan fingerprint density at radius 3 is 2.67 bits per heavy atom. The van der Waals surface area contributed by atoms with Crippen LogP contribution < -0.4 is 5.73 Å². The highest BCUT2D eigenvalue weighted by molar-refractivity contribution is 5.76. The standard InChI is InChI=1S/C16H22N2O3/c17-14-6-3-12(4-7-14)5-8-15(19)18-9-1-2-13(11-18)10-16(20)21/h3-4,6-7,13H,1-2,5,8-11,17H2,(H,20,21). The Morgan fingerprint density at radius 1 is 1.29 bits per heavy atom. The van der Waals surface area contributed by atoms with Gasteiger partial charge in [0.1, 0.15) is 0 Å². The Kier molecular flexibility index (Phi) is 5.20. The predicted octanol–water partition coefficient (Wildman–Crippen LogP) is 1.91. The van der Waals surface area contributed by atoms with Gasteiger partial charge >= 0.3 is 5.97 Å². The number of hydrogen-bond donors (Lipinski definition) is 2. The Hall–Kier alpha value is -2.04. The van der Waals surface area contributed by atoms with Gasteiger partial charge in [0.05, 0.1) is 0 Å². The minimum Gasteiger partial charge on any atom is -0.481 e. The number of nitrogens with two attached hydrogens (primary N) is 1. The number of rotatable bonds is 5. The SMILES string of the molecule is Nc1ccc(CCC(=O)N2CCCC(CC(=O)O)C2)cc1. The number of piperidine rings is 1. The molecule has 0 radical (unpaired) electrons. The van der Waals surface area contributed by atoms with E-state index >= 15 is 0 Å². The first-order valence-electron chi connectivity index (χ1n) is 7.38. The summed E-state index contributed by atoms with van der Waals surface area (Å²) in [6.45, 7) is 1.32. The summed E-state index contributed by atoms with van der Waals surface area (Å²) in [5, 5.41) is 8.85. The van der Waals surface area contributed by atoms with E-state index in [-0.39, 0.29) is 18.2 Å². The number of aliphatic carboxylic acids is 1. The molecule has 3 N–H and O–H groups in total. The molecule has 21 heavy (non-hydrogen) atoms. The van der Waals surface area contributed by atoms with Gasteiger partial charge in [-0.05, 0) is 42.9 Å². The fraction of sp³-hybridized carbons (Fsp3) is 0.500. The van der Waals surface area contributed by atoms with Crippen molar-refractivity contribution in [3.05, 3.63) is 29.8 Å². The molecule has 2 rings (SSSR count). The van der Waals surface area contributed by atoms with Crippen molar-refractivity contribution in [3.8, 4) is 0 Å². The molecule has 1 heterocycles. The van der Waals surface area contributed by atoms with Crippen molar-refractivity contribution in [2.24, 2.45) is 5.92 Å². The molecule has 1 atom stereocenters. The number of amides is 1. The van der Waals surface area contributed by atoms with Crippen LogP contribution in [0.4, 0.5) is 5.69 Å². The molecule has 1 unspecified atom stereocenters. The molecule has 1 aromatic rings. The number of likely N-dealkylation sites (tertiary alicyclic amines) is 1. The number of carbonyl (C=O) groups is 2. The first-order chi connectivity index (χ1) is 10.0. The maximum absolute atomic E-state index is 12.2. The summed E-state index contributed by atoms with van der Waals surface area (Å²) < 4.78 is 0. The molecule has 0 saturated carbocycles. The Bertz CT molecular complexity index is 499. The van der Waals surface area contributed by atoms with E-state index in [9.17, 15) is 9.59 Å². The van der Waals surface area contributed by atoms with Crippen LogP contribution in [0.2, 0.25) is 0 Å². The number of carbonyl (C=O) groups excluding carboxylic acids is 1. The highest BCUT2D eigenvalue weighted by Gasteiger charge is 2.24. The molecular weight excluding hydrogens is 268 g/mol. The van der Waals surface area contributed by atoms with Gasteiger partial charge in [-0.2, -0.15) is 0 Å². The number of nitrogen functional groups attached to an aromatic ring is 1. The number of benzene rings is 1. The van der Waals surface area contributed by atoms with E-state index in [1.165, 1.54) is 0 Å². The number of nitrogens with zero attached hydrogens (tertiary/aromatic N) is 1. The number of carboxylic acids is 1. The fourth-order valence-electron chi connectivity index (χ4n) is 2.80. The molecule has 114 valence electrons. The molecule has 5 nitrogen and oxygen atoms in total. The van der Waals surface area contributed by atoms with E-state index in [1.807, 2.05) is 29.2 Å². The largest absolute Gasteiger partial charge is 0.481 e. The molecule has 0 aromatic heterocycles. The molecule has 1 aromatic carbocycles. The lowest BCUT2D eigenvalue weighted by atomic mass is 9.94. The predicted molar refractivity (Wildman–Crippen MR) is 80.7 cm³/mol. The minimum atomic E-state index is -0.781. The topological polar surface area (TPSA) is 83.6 Å². The molecule has 1 aliphatic rings. The second-order valence-electron chi connectivity index (χ2n) is 5.69. The molecule has 0 aliphatic carbocycles. The molecule has 5 heteroatoms. The first kappa shape index (κ1) is 15.4.